The van der Waals surface area contributed by atoms with E-state index in [1.54, 1.807) is 12.3 Å². The van der Waals surface area contributed by atoms with Crippen molar-refractivity contribution in [2.24, 2.45) is 0 Å². The monoisotopic (exact) mass is 194 g/mol. The molecule has 2 rings (SSSR count). The van der Waals surface area contributed by atoms with Gasteiger partial charge in [-0.05, 0) is 30.0 Å². The van der Waals surface area contributed by atoms with Gasteiger partial charge in [-0.15, -0.1) is 0 Å². The zero-order valence-electron chi connectivity index (χ0n) is 6.53. The molecule has 2 heterocycles. The number of carbonyl (C=O) groups excluding carboxylic acids is 2. The molecule has 0 bridgehead atoms. The zero-order chi connectivity index (χ0) is 9.26. The Morgan fingerprint density at radius 2 is 2.23 bits per heavy atom. The molecule has 1 aromatic rings. The fourth-order valence-corrected chi connectivity index (χ4v) is 1.67. The Labute approximate surface area is 78.4 Å². The molecule has 5 heteroatoms. The molecule has 0 aliphatic carbocycles. The molecule has 0 aromatic carbocycles. The van der Waals surface area contributed by atoms with Crippen LogP contribution in [0.5, 0.6) is 0 Å². The van der Waals surface area contributed by atoms with Gasteiger partial charge in [-0.1, -0.05) is 0 Å². The third-order valence-corrected chi connectivity index (χ3v) is 2.36. The molecule has 0 spiro atoms. The summed E-state index contributed by atoms with van der Waals surface area (Å²) < 4.78 is 0. The number of carbonyl (C=O) groups is 2. The van der Waals surface area contributed by atoms with Gasteiger partial charge in [0.05, 0.1) is 4.91 Å². The molecule has 0 unspecified atom stereocenters. The number of amides is 2. The highest BCUT2D eigenvalue weighted by Crippen LogP contribution is 2.24. The lowest BCUT2D eigenvalue weighted by Gasteiger charge is -1.88. The van der Waals surface area contributed by atoms with Crippen molar-refractivity contribution in [2.75, 3.05) is 0 Å². The van der Waals surface area contributed by atoms with Crippen LogP contribution in [0.1, 0.15) is 5.69 Å². The van der Waals surface area contributed by atoms with Gasteiger partial charge < -0.3 is 4.98 Å². The first-order chi connectivity index (χ1) is 6.25. The maximum Gasteiger partial charge on any atom is 0.290 e. The molecule has 1 fully saturated rings. The van der Waals surface area contributed by atoms with Gasteiger partial charge in [-0.25, -0.2) is 0 Å². The zero-order valence-corrected chi connectivity index (χ0v) is 7.35. The van der Waals surface area contributed by atoms with Crippen LogP contribution < -0.4 is 5.32 Å². The minimum Gasteiger partial charge on any atom is -0.362 e. The second kappa shape index (κ2) is 3.10. The second-order valence-corrected chi connectivity index (χ2v) is 3.49. The summed E-state index contributed by atoms with van der Waals surface area (Å²) in [5.74, 6) is -0.329. The Hall–Kier alpha value is -1.49. The van der Waals surface area contributed by atoms with Crippen molar-refractivity contribution in [2.45, 2.75) is 0 Å². The van der Waals surface area contributed by atoms with E-state index in [4.69, 9.17) is 0 Å². The van der Waals surface area contributed by atoms with Gasteiger partial charge in [0.1, 0.15) is 0 Å². The predicted molar refractivity (Wildman–Crippen MR) is 49.9 cm³/mol. The van der Waals surface area contributed by atoms with E-state index in [1.807, 2.05) is 12.1 Å². The van der Waals surface area contributed by atoms with E-state index < -0.39 is 0 Å². The van der Waals surface area contributed by atoms with Crippen LogP contribution in [0.15, 0.2) is 23.2 Å². The third-order valence-electron chi connectivity index (χ3n) is 1.55. The summed E-state index contributed by atoms with van der Waals surface area (Å²) >= 11 is 0.913. The summed E-state index contributed by atoms with van der Waals surface area (Å²) in [6.07, 6.45) is 3.40. The van der Waals surface area contributed by atoms with Crippen molar-refractivity contribution in [3.05, 3.63) is 28.9 Å². The summed E-state index contributed by atoms with van der Waals surface area (Å²) in [7, 11) is 0. The van der Waals surface area contributed by atoms with Crippen LogP contribution in [0.25, 0.3) is 6.08 Å². The molecule has 1 aliphatic rings. The van der Waals surface area contributed by atoms with E-state index in [1.165, 1.54) is 0 Å². The molecule has 2 amide bonds. The SMILES string of the molecule is O=C1NC(=O)C(=Cc2ccc[nH]2)S1. The van der Waals surface area contributed by atoms with E-state index in [0.717, 1.165) is 17.5 Å². The summed E-state index contributed by atoms with van der Waals surface area (Å²) in [5.41, 5.74) is 0.812. The van der Waals surface area contributed by atoms with Crippen LogP contribution in [0.4, 0.5) is 4.79 Å². The van der Waals surface area contributed by atoms with Gasteiger partial charge >= 0.3 is 0 Å². The lowest BCUT2D eigenvalue weighted by Crippen LogP contribution is -2.17. The van der Waals surface area contributed by atoms with Crippen LogP contribution in [-0.4, -0.2) is 16.1 Å². The molecule has 1 aliphatic heterocycles. The van der Waals surface area contributed by atoms with Gasteiger partial charge in [0, 0.05) is 11.9 Å². The van der Waals surface area contributed by atoms with Crippen molar-refractivity contribution in [3.63, 3.8) is 0 Å². The summed E-state index contributed by atoms with van der Waals surface area (Å²) in [4.78, 5) is 25.2. The molecule has 0 atom stereocenters. The fourth-order valence-electron chi connectivity index (χ4n) is 0.996. The van der Waals surface area contributed by atoms with E-state index >= 15 is 0 Å². The standard InChI is InChI=1S/C8H6N2O2S/c11-7-6(13-8(12)10-7)4-5-2-1-3-9-5/h1-4,9H,(H,10,11,12). The maximum absolute atomic E-state index is 11.1. The number of hydrogen-bond acceptors (Lipinski definition) is 3. The van der Waals surface area contributed by atoms with Gasteiger partial charge in [0.15, 0.2) is 0 Å². The van der Waals surface area contributed by atoms with Crippen molar-refractivity contribution in [3.8, 4) is 0 Å². The van der Waals surface area contributed by atoms with Crippen LogP contribution in [0.3, 0.4) is 0 Å². The number of imide groups is 1. The average Bonchev–Trinajstić information content (AvgIpc) is 2.63. The highest BCUT2D eigenvalue weighted by atomic mass is 32.2. The Bertz CT molecular complexity index is 381. The van der Waals surface area contributed by atoms with Crippen LogP contribution in [-0.2, 0) is 4.79 Å². The Kier molecular flexibility index (Phi) is 1.94. The first kappa shape index (κ1) is 8.12. The number of hydrogen-bond donors (Lipinski definition) is 2. The quantitative estimate of drug-likeness (QED) is 0.663. The van der Waals surface area contributed by atoms with E-state index in [0.29, 0.717) is 4.91 Å². The fraction of sp³-hybridized carbons (Fsp3) is 0. The van der Waals surface area contributed by atoms with Crippen LogP contribution in [0, 0.1) is 0 Å². The van der Waals surface area contributed by atoms with Crippen molar-refractivity contribution in [1.29, 1.82) is 0 Å². The number of thioether (sulfide) groups is 1. The molecule has 66 valence electrons. The third kappa shape index (κ3) is 1.65. The summed E-state index contributed by atoms with van der Waals surface area (Å²) in [5, 5.41) is 1.87. The van der Waals surface area contributed by atoms with E-state index in [2.05, 4.69) is 10.3 Å². The largest absolute Gasteiger partial charge is 0.362 e. The van der Waals surface area contributed by atoms with Gasteiger partial charge in [0.2, 0.25) is 0 Å². The predicted octanol–water partition coefficient (Wildman–Crippen LogP) is 1.34. The Morgan fingerprint density at radius 3 is 2.77 bits per heavy atom. The summed E-state index contributed by atoms with van der Waals surface area (Å²) in [6.45, 7) is 0. The van der Waals surface area contributed by atoms with Crippen LogP contribution >= 0.6 is 11.8 Å². The molecule has 0 radical (unpaired) electrons. The molecule has 1 saturated heterocycles. The molecule has 4 nitrogen and oxygen atoms in total. The molecule has 0 saturated carbocycles. The lowest BCUT2D eigenvalue weighted by atomic mass is 10.3. The van der Waals surface area contributed by atoms with Gasteiger partial charge in [-0.2, -0.15) is 0 Å². The smallest absolute Gasteiger partial charge is 0.290 e. The highest BCUT2D eigenvalue weighted by molar-refractivity contribution is 8.18. The highest BCUT2D eigenvalue weighted by Gasteiger charge is 2.24. The number of nitrogens with one attached hydrogen (secondary N) is 2. The minimum atomic E-state index is -0.329. The molecular weight excluding hydrogens is 188 g/mol. The molecular formula is C8H6N2O2S. The lowest BCUT2D eigenvalue weighted by molar-refractivity contribution is -0.115. The van der Waals surface area contributed by atoms with Crippen LogP contribution in [0.2, 0.25) is 0 Å². The Morgan fingerprint density at radius 1 is 1.38 bits per heavy atom. The van der Waals surface area contributed by atoms with E-state index in [9.17, 15) is 9.59 Å². The summed E-state index contributed by atoms with van der Waals surface area (Å²) in [6, 6.07) is 3.65. The number of H-pyrrole nitrogens is 1. The minimum absolute atomic E-state index is 0.317. The number of aromatic amines is 1. The molecule has 2 N–H and O–H groups in total. The molecule has 1 aromatic heterocycles. The number of aromatic nitrogens is 1. The van der Waals surface area contributed by atoms with Crippen molar-refractivity contribution in [1.82, 2.24) is 10.3 Å². The first-order valence-electron chi connectivity index (χ1n) is 3.64. The van der Waals surface area contributed by atoms with Gasteiger partial charge in [-0.3, -0.25) is 14.9 Å². The van der Waals surface area contributed by atoms with Crippen molar-refractivity contribution >= 4 is 29.0 Å². The Balaban J connectivity index is 2.27. The molecule has 13 heavy (non-hydrogen) atoms. The topological polar surface area (TPSA) is 62.0 Å². The van der Waals surface area contributed by atoms with Crippen molar-refractivity contribution < 1.29 is 9.59 Å². The normalized spacial score (nSPS) is 19.5. The second-order valence-electron chi connectivity index (χ2n) is 2.48. The maximum atomic E-state index is 11.1. The average molecular weight is 194 g/mol. The first-order valence-corrected chi connectivity index (χ1v) is 4.45. The number of rotatable bonds is 1. The van der Waals surface area contributed by atoms with E-state index in [-0.39, 0.29) is 11.1 Å². The van der Waals surface area contributed by atoms with Gasteiger partial charge in [0.25, 0.3) is 11.1 Å².